The van der Waals surface area contributed by atoms with Gasteiger partial charge in [0.1, 0.15) is 6.61 Å². The lowest BCUT2D eigenvalue weighted by Gasteiger charge is -2.08. The molecule has 2 aromatic carbocycles. The number of aromatic nitrogens is 2. The summed E-state index contributed by atoms with van der Waals surface area (Å²) in [7, 11) is 0. The van der Waals surface area contributed by atoms with Gasteiger partial charge in [0, 0.05) is 12.0 Å². The van der Waals surface area contributed by atoms with E-state index < -0.39 is 17.7 Å². The molecule has 0 amide bonds. The maximum absolute atomic E-state index is 12.5. The van der Waals surface area contributed by atoms with Crippen LogP contribution in [0, 0.1) is 6.92 Å². The molecular weight excluding hydrogens is 373 g/mol. The van der Waals surface area contributed by atoms with Crippen LogP contribution >= 0.6 is 0 Å². The Morgan fingerprint density at radius 2 is 1.71 bits per heavy atom. The van der Waals surface area contributed by atoms with E-state index in [9.17, 15) is 18.0 Å². The van der Waals surface area contributed by atoms with E-state index in [0.717, 1.165) is 23.3 Å². The number of carbonyl (C=O) groups excluding carboxylic acids is 1. The molecule has 146 valence electrons. The summed E-state index contributed by atoms with van der Waals surface area (Å²) >= 11 is 0. The van der Waals surface area contributed by atoms with Crippen LogP contribution in [0.15, 0.2) is 52.9 Å². The molecule has 0 bridgehead atoms. The lowest BCUT2D eigenvalue weighted by Crippen LogP contribution is -2.07. The average Bonchev–Trinajstić information content (AvgIpc) is 3.14. The Morgan fingerprint density at radius 1 is 1.04 bits per heavy atom. The quantitative estimate of drug-likeness (QED) is 0.569. The number of hydrogen-bond donors (Lipinski definition) is 0. The fourth-order valence-electron chi connectivity index (χ4n) is 2.40. The second kappa shape index (κ2) is 8.24. The monoisotopic (exact) mass is 390 g/mol. The average molecular weight is 390 g/mol. The predicted octanol–water partition coefficient (Wildman–Crippen LogP) is 4.74. The van der Waals surface area contributed by atoms with Crippen molar-refractivity contribution in [1.29, 1.82) is 0 Å². The van der Waals surface area contributed by atoms with Crippen molar-refractivity contribution in [1.82, 2.24) is 10.2 Å². The minimum Gasteiger partial charge on any atom is -0.461 e. The molecule has 1 aromatic heterocycles. The number of hydrogen-bond acceptors (Lipinski definition) is 5. The van der Waals surface area contributed by atoms with Gasteiger partial charge in [0.05, 0.1) is 12.0 Å². The van der Waals surface area contributed by atoms with Gasteiger partial charge in [-0.2, -0.15) is 13.2 Å². The summed E-state index contributed by atoms with van der Waals surface area (Å²) in [4.78, 5) is 11.8. The molecular formula is C20H17F3N2O3. The molecule has 0 aliphatic carbocycles. The largest absolute Gasteiger partial charge is 0.461 e. The molecule has 3 rings (SSSR count). The molecule has 3 aromatic rings. The Morgan fingerprint density at radius 3 is 2.36 bits per heavy atom. The number of alkyl halides is 3. The van der Waals surface area contributed by atoms with Crippen LogP contribution in [0.3, 0.4) is 0 Å². The van der Waals surface area contributed by atoms with Crippen molar-refractivity contribution in [2.24, 2.45) is 0 Å². The molecule has 0 aliphatic heterocycles. The van der Waals surface area contributed by atoms with Crippen molar-refractivity contribution < 1.29 is 27.1 Å². The first kappa shape index (κ1) is 19.6. The van der Waals surface area contributed by atoms with Crippen molar-refractivity contribution in [3.63, 3.8) is 0 Å². The van der Waals surface area contributed by atoms with Gasteiger partial charge in [-0.1, -0.05) is 29.8 Å². The minimum atomic E-state index is -4.39. The van der Waals surface area contributed by atoms with Crippen LogP contribution in [0.5, 0.6) is 0 Å². The summed E-state index contributed by atoms with van der Waals surface area (Å²) in [6, 6.07) is 12.1. The number of nitrogens with zero attached hydrogens (tertiary/aromatic N) is 2. The van der Waals surface area contributed by atoms with E-state index in [1.54, 1.807) is 0 Å². The Bertz CT molecular complexity index is 933. The summed E-state index contributed by atoms with van der Waals surface area (Å²) in [6.07, 6.45) is -4.16. The third-order valence-corrected chi connectivity index (χ3v) is 3.99. The first-order valence-corrected chi connectivity index (χ1v) is 8.52. The van der Waals surface area contributed by atoms with Crippen LogP contribution in [-0.2, 0) is 28.7 Å². The highest BCUT2D eigenvalue weighted by atomic mass is 19.4. The molecule has 0 N–H and O–H groups in total. The Labute approximate surface area is 159 Å². The van der Waals surface area contributed by atoms with E-state index in [0.29, 0.717) is 17.3 Å². The number of benzene rings is 2. The molecule has 0 fully saturated rings. The van der Waals surface area contributed by atoms with Gasteiger partial charge in [0.15, 0.2) is 0 Å². The molecule has 0 spiro atoms. The third-order valence-electron chi connectivity index (χ3n) is 3.99. The second-order valence-corrected chi connectivity index (χ2v) is 6.22. The van der Waals surface area contributed by atoms with E-state index in [-0.39, 0.29) is 19.4 Å². The molecule has 0 aliphatic rings. The number of aryl methyl sites for hydroxylation is 2. The van der Waals surface area contributed by atoms with Gasteiger partial charge in [-0.3, -0.25) is 4.79 Å². The van der Waals surface area contributed by atoms with Crippen molar-refractivity contribution in [2.75, 3.05) is 0 Å². The summed E-state index contributed by atoms with van der Waals surface area (Å²) in [5.74, 6) is 0.171. The van der Waals surface area contributed by atoms with Gasteiger partial charge < -0.3 is 9.15 Å². The molecule has 8 heteroatoms. The molecule has 0 atom stereocenters. The normalized spacial score (nSPS) is 11.4. The molecule has 0 radical (unpaired) electrons. The number of rotatable bonds is 6. The van der Waals surface area contributed by atoms with E-state index in [1.807, 2.05) is 31.2 Å². The van der Waals surface area contributed by atoms with Crippen LogP contribution in [0.1, 0.15) is 29.0 Å². The maximum atomic E-state index is 12.5. The lowest BCUT2D eigenvalue weighted by molar-refractivity contribution is -0.145. The first-order valence-electron chi connectivity index (χ1n) is 8.52. The van der Waals surface area contributed by atoms with Gasteiger partial charge in [0.2, 0.25) is 11.8 Å². The molecule has 1 heterocycles. The summed E-state index contributed by atoms with van der Waals surface area (Å²) in [5.41, 5.74) is 1.62. The van der Waals surface area contributed by atoms with Crippen LogP contribution < -0.4 is 0 Å². The van der Waals surface area contributed by atoms with Crippen LogP contribution in [0.4, 0.5) is 13.2 Å². The maximum Gasteiger partial charge on any atom is 0.416 e. The SMILES string of the molecule is Cc1ccc(-c2nnc(CCC(=O)OCc3ccc(C(F)(F)F)cc3)o2)cc1. The van der Waals surface area contributed by atoms with Gasteiger partial charge in [0.25, 0.3) is 0 Å². The summed E-state index contributed by atoms with van der Waals surface area (Å²) < 4.78 is 48.2. The minimum absolute atomic E-state index is 0.0240. The first-order chi connectivity index (χ1) is 13.3. The van der Waals surface area contributed by atoms with Gasteiger partial charge >= 0.3 is 12.1 Å². The van der Waals surface area contributed by atoms with E-state index in [2.05, 4.69) is 10.2 Å². The standard InChI is InChI=1S/C20H17F3N2O3/c1-13-2-6-15(7-3-13)19-25-24-17(28-19)10-11-18(26)27-12-14-4-8-16(9-5-14)20(21,22)23/h2-9H,10-12H2,1H3. The summed E-state index contributed by atoms with van der Waals surface area (Å²) in [6.45, 7) is 1.87. The van der Waals surface area contributed by atoms with Crippen LogP contribution in [0.25, 0.3) is 11.5 Å². The molecule has 0 saturated carbocycles. The van der Waals surface area contributed by atoms with E-state index >= 15 is 0 Å². The highest BCUT2D eigenvalue weighted by Gasteiger charge is 2.29. The zero-order valence-electron chi connectivity index (χ0n) is 15.0. The smallest absolute Gasteiger partial charge is 0.416 e. The van der Waals surface area contributed by atoms with Crippen molar-refractivity contribution in [2.45, 2.75) is 32.5 Å². The Kier molecular flexibility index (Phi) is 5.77. The second-order valence-electron chi connectivity index (χ2n) is 6.22. The Balaban J connectivity index is 1.47. The van der Waals surface area contributed by atoms with Gasteiger partial charge in [-0.25, -0.2) is 0 Å². The molecule has 28 heavy (non-hydrogen) atoms. The third kappa shape index (κ3) is 5.18. The summed E-state index contributed by atoms with van der Waals surface area (Å²) in [5, 5.41) is 7.86. The Hall–Kier alpha value is -3.16. The van der Waals surface area contributed by atoms with Crippen molar-refractivity contribution >= 4 is 5.97 Å². The van der Waals surface area contributed by atoms with Crippen molar-refractivity contribution in [3.8, 4) is 11.5 Å². The molecule has 5 nitrogen and oxygen atoms in total. The highest BCUT2D eigenvalue weighted by Crippen LogP contribution is 2.29. The fraction of sp³-hybridized carbons (Fsp3) is 0.250. The zero-order valence-corrected chi connectivity index (χ0v) is 15.0. The number of carbonyl (C=O) groups is 1. The van der Waals surface area contributed by atoms with Crippen LogP contribution in [-0.4, -0.2) is 16.2 Å². The van der Waals surface area contributed by atoms with Gasteiger partial charge in [-0.05, 0) is 36.8 Å². The van der Waals surface area contributed by atoms with Crippen molar-refractivity contribution in [3.05, 3.63) is 71.1 Å². The number of esters is 1. The van der Waals surface area contributed by atoms with Gasteiger partial charge in [-0.15, -0.1) is 10.2 Å². The van der Waals surface area contributed by atoms with E-state index in [4.69, 9.17) is 9.15 Å². The topological polar surface area (TPSA) is 65.2 Å². The highest BCUT2D eigenvalue weighted by molar-refractivity contribution is 5.69. The van der Waals surface area contributed by atoms with Crippen LogP contribution in [0.2, 0.25) is 0 Å². The fourth-order valence-corrected chi connectivity index (χ4v) is 2.40. The lowest BCUT2D eigenvalue weighted by atomic mass is 10.1. The number of halogens is 3. The van der Waals surface area contributed by atoms with E-state index in [1.165, 1.54) is 12.1 Å². The molecule has 0 unspecified atom stereocenters. The predicted molar refractivity (Wildman–Crippen MR) is 94.0 cm³/mol. The number of ether oxygens (including phenoxy) is 1. The zero-order chi connectivity index (χ0) is 20.1. The molecule has 0 saturated heterocycles.